The van der Waals surface area contributed by atoms with Crippen molar-refractivity contribution in [3.8, 4) is 0 Å². The SMILES string of the molecule is C[C@H](O)C(=O)N1CC[NH2+]CC1COC(=O)C(=O)O. The van der Waals surface area contributed by atoms with E-state index in [2.05, 4.69) is 4.74 Å². The summed E-state index contributed by atoms with van der Waals surface area (Å²) in [6, 6.07) is -0.413. The molecule has 0 aromatic heterocycles. The Morgan fingerprint density at radius 2 is 2.17 bits per heavy atom. The molecule has 0 saturated carbocycles. The van der Waals surface area contributed by atoms with E-state index in [9.17, 15) is 19.5 Å². The standard InChI is InChI=1S/C10H16N2O6/c1-6(13)8(14)12-3-2-11-4-7(12)5-18-10(17)9(15)16/h6-7,11,13H,2-5H2,1H3,(H,15,16)/p+1/t6-,7?/m0/s1. The van der Waals surface area contributed by atoms with Gasteiger partial charge in [0.05, 0.1) is 19.6 Å². The summed E-state index contributed by atoms with van der Waals surface area (Å²) < 4.78 is 4.57. The van der Waals surface area contributed by atoms with Gasteiger partial charge in [-0.25, -0.2) is 9.59 Å². The van der Waals surface area contributed by atoms with Crippen molar-refractivity contribution < 1.29 is 34.7 Å². The second-order valence-electron chi connectivity index (χ2n) is 4.08. The molecule has 0 radical (unpaired) electrons. The summed E-state index contributed by atoms with van der Waals surface area (Å²) >= 11 is 0. The first-order valence-electron chi connectivity index (χ1n) is 5.63. The van der Waals surface area contributed by atoms with E-state index in [1.54, 1.807) is 0 Å². The first-order chi connectivity index (χ1) is 8.43. The van der Waals surface area contributed by atoms with Crippen molar-refractivity contribution in [3.05, 3.63) is 0 Å². The van der Waals surface area contributed by atoms with Gasteiger partial charge in [-0.05, 0) is 6.92 Å². The van der Waals surface area contributed by atoms with Crippen LogP contribution < -0.4 is 5.32 Å². The maximum absolute atomic E-state index is 11.7. The number of aliphatic carboxylic acids is 1. The lowest BCUT2D eigenvalue weighted by Gasteiger charge is -2.34. The van der Waals surface area contributed by atoms with E-state index in [1.165, 1.54) is 11.8 Å². The van der Waals surface area contributed by atoms with Gasteiger partial charge in [-0.15, -0.1) is 0 Å². The van der Waals surface area contributed by atoms with E-state index in [1.807, 2.05) is 5.32 Å². The zero-order chi connectivity index (χ0) is 13.7. The summed E-state index contributed by atoms with van der Waals surface area (Å²) in [5.41, 5.74) is 0. The Bertz CT molecular complexity index is 343. The van der Waals surface area contributed by atoms with Crippen LogP contribution in [0.3, 0.4) is 0 Å². The minimum Gasteiger partial charge on any atom is -0.473 e. The average molecular weight is 261 g/mol. The number of piperazine rings is 1. The second kappa shape index (κ2) is 6.31. The summed E-state index contributed by atoms with van der Waals surface area (Å²) in [5.74, 6) is -3.45. The van der Waals surface area contributed by atoms with E-state index in [0.29, 0.717) is 19.6 Å². The average Bonchev–Trinajstić information content (AvgIpc) is 2.35. The fourth-order valence-corrected chi connectivity index (χ4v) is 1.77. The van der Waals surface area contributed by atoms with Crippen LogP contribution in [0.15, 0.2) is 0 Å². The molecule has 1 amide bonds. The molecule has 4 N–H and O–H groups in total. The quantitative estimate of drug-likeness (QED) is 0.363. The molecule has 0 aromatic rings. The number of amides is 1. The molecule has 2 atom stereocenters. The van der Waals surface area contributed by atoms with Crippen molar-refractivity contribution >= 4 is 17.8 Å². The molecular weight excluding hydrogens is 244 g/mol. The monoisotopic (exact) mass is 261 g/mol. The maximum atomic E-state index is 11.7. The topological polar surface area (TPSA) is 121 Å². The van der Waals surface area contributed by atoms with Crippen molar-refractivity contribution in [1.82, 2.24) is 4.90 Å². The van der Waals surface area contributed by atoms with Gasteiger partial charge in [-0.3, -0.25) is 4.79 Å². The third-order valence-electron chi connectivity index (χ3n) is 2.68. The minimum atomic E-state index is -1.66. The van der Waals surface area contributed by atoms with Crippen LogP contribution >= 0.6 is 0 Å². The molecule has 18 heavy (non-hydrogen) atoms. The molecule has 1 fully saturated rings. The molecule has 0 aromatic carbocycles. The van der Waals surface area contributed by atoms with Gasteiger partial charge in [0.25, 0.3) is 5.91 Å². The molecule has 0 bridgehead atoms. The second-order valence-corrected chi connectivity index (χ2v) is 4.08. The smallest absolute Gasteiger partial charge is 0.417 e. The summed E-state index contributed by atoms with van der Waals surface area (Å²) in [7, 11) is 0. The summed E-state index contributed by atoms with van der Waals surface area (Å²) in [6.07, 6.45) is -1.12. The van der Waals surface area contributed by atoms with E-state index < -0.39 is 30.0 Å². The molecule has 1 heterocycles. The zero-order valence-corrected chi connectivity index (χ0v) is 10.0. The van der Waals surface area contributed by atoms with E-state index in [4.69, 9.17) is 5.11 Å². The Hall–Kier alpha value is -1.67. The van der Waals surface area contributed by atoms with Crippen LogP contribution in [0.2, 0.25) is 0 Å². The Morgan fingerprint density at radius 1 is 1.50 bits per heavy atom. The highest BCUT2D eigenvalue weighted by Gasteiger charge is 2.32. The van der Waals surface area contributed by atoms with E-state index in [0.717, 1.165) is 0 Å². The molecule has 0 aliphatic carbocycles. The largest absolute Gasteiger partial charge is 0.473 e. The number of aliphatic hydroxyl groups is 1. The van der Waals surface area contributed by atoms with Gasteiger partial charge in [0.2, 0.25) is 0 Å². The number of carboxylic acid groups (broad SMARTS) is 1. The molecule has 1 unspecified atom stereocenters. The Labute approximate surface area is 104 Å². The molecule has 0 spiro atoms. The highest BCUT2D eigenvalue weighted by molar-refractivity contribution is 6.28. The number of carbonyl (C=O) groups excluding carboxylic acids is 2. The highest BCUT2D eigenvalue weighted by Crippen LogP contribution is 2.04. The summed E-state index contributed by atoms with van der Waals surface area (Å²) in [4.78, 5) is 34.2. The fourth-order valence-electron chi connectivity index (χ4n) is 1.77. The molecule has 102 valence electrons. The first kappa shape index (κ1) is 14.4. The van der Waals surface area contributed by atoms with Gasteiger partial charge < -0.3 is 25.2 Å². The van der Waals surface area contributed by atoms with Gasteiger partial charge >= 0.3 is 11.9 Å². The molecule has 1 aliphatic rings. The number of rotatable bonds is 3. The molecule has 1 rings (SSSR count). The fraction of sp³-hybridized carbons (Fsp3) is 0.700. The van der Waals surface area contributed by atoms with Gasteiger partial charge in [-0.2, -0.15) is 0 Å². The Morgan fingerprint density at radius 3 is 2.72 bits per heavy atom. The number of hydrogen-bond donors (Lipinski definition) is 3. The van der Waals surface area contributed by atoms with Crippen LogP contribution in [0.5, 0.6) is 0 Å². The lowest BCUT2D eigenvalue weighted by molar-refractivity contribution is -0.668. The lowest BCUT2D eigenvalue weighted by Crippen LogP contribution is -2.92. The molecular formula is C10H17N2O6+. The van der Waals surface area contributed by atoms with E-state index in [-0.39, 0.29) is 6.61 Å². The predicted molar refractivity (Wildman–Crippen MR) is 57.4 cm³/mol. The normalized spacial score (nSPS) is 21.2. The van der Waals surface area contributed by atoms with Crippen LogP contribution in [-0.4, -0.2) is 71.3 Å². The first-order valence-corrected chi connectivity index (χ1v) is 5.63. The van der Waals surface area contributed by atoms with Crippen molar-refractivity contribution in [3.63, 3.8) is 0 Å². The number of esters is 1. The van der Waals surface area contributed by atoms with Crippen LogP contribution in [-0.2, 0) is 19.1 Å². The number of ether oxygens (including phenoxy) is 1. The number of carbonyl (C=O) groups is 3. The van der Waals surface area contributed by atoms with Crippen LogP contribution in [0.4, 0.5) is 0 Å². The van der Waals surface area contributed by atoms with Crippen LogP contribution in [0.1, 0.15) is 6.92 Å². The maximum Gasteiger partial charge on any atom is 0.417 e. The van der Waals surface area contributed by atoms with E-state index >= 15 is 0 Å². The van der Waals surface area contributed by atoms with Gasteiger partial charge in [0.1, 0.15) is 18.8 Å². The molecule has 8 nitrogen and oxygen atoms in total. The third kappa shape index (κ3) is 3.67. The Kier molecular flexibility index (Phi) is 5.05. The van der Waals surface area contributed by atoms with Crippen molar-refractivity contribution in [2.24, 2.45) is 0 Å². The van der Waals surface area contributed by atoms with Crippen LogP contribution in [0.25, 0.3) is 0 Å². The molecule has 1 aliphatic heterocycles. The van der Waals surface area contributed by atoms with Crippen molar-refractivity contribution in [2.45, 2.75) is 19.1 Å². The van der Waals surface area contributed by atoms with Crippen molar-refractivity contribution in [1.29, 1.82) is 0 Å². The summed E-state index contributed by atoms with van der Waals surface area (Å²) in [6.45, 7) is 2.81. The van der Waals surface area contributed by atoms with Gasteiger partial charge in [-0.1, -0.05) is 0 Å². The molecule has 1 saturated heterocycles. The van der Waals surface area contributed by atoms with Gasteiger partial charge in [0, 0.05) is 0 Å². The number of nitrogens with zero attached hydrogens (tertiary/aromatic N) is 1. The lowest BCUT2D eigenvalue weighted by atomic mass is 10.2. The van der Waals surface area contributed by atoms with Crippen LogP contribution in [0, 0.1) is 0 Å². The molecule has 8 heteroatoms. The Balaban J connectivity index is 2.57. The predicted octanol–water partition coefficient (Wildman–Crippen LogP) is -3.23. The third-order valence-corrected chi connectivity index (χ3v) is 2.68. The highest BCUT2D eigenvalue weighted by atomic mass is 16.6. The minimum absolute atomic E-state index is 0.180. The number of aliphatic hydroxyl groups excluding tert-OH is 1. The van der Waals surface area contributed by atoms with Crippen molar-refractivity contribution in [2.75, 3.05) is 26.2 Å². The number of hydrogen-bond acceptors (Lipinski definition) is 5. The number of carboxylic acids is 1. The van der Waals surface area contributed by atoms with Gasteiger partial charge in [0.15, 0.2) is 0 Å². The number of quaternary nitrogens is 1. The number of nitrogens with two attached hydrogens (primary N) is 1. The zero-order valence-electron chi connectivity index (χ0n) is 10.0. The summed E-state index contributed by atoms with van der Waals surface area (Å²) in [5, 5.41) is 19.6.